The Morgan fingerprint density at radius 2 is 0.800 bits per heavy atom. The van der Waals surface area contributed by atoms with Crippen LogP contribution in [0.4, 0.5) is 0 Å². The molecule has 0 atom stereocenters. The van der Waals surface area contributed by atoms with Crippen LogP contribution >= 0.6 is 0 Å². The van der Waals surface area contributed by atoms with Crippen molar-refractivity contribution in [3.05, 3.63) is 0 Å². The second-order valence-corrected chi connectivity index (χ2v) is 7.79. The van der Waals surface area contributed by atoms with Crippen LogP contribution in [0.2, 0.25) is 0 Å². The highest BCUT2D eigenvalue weighted by molar-refractivity contribution is 5.79. The summed E-state index contributed by atoms with van der Waals surface area (Å²) in [4.78, 5) is 33.4. The fraction of sp³-hybridized carbons (Fsp3) is 0.895. The first-order valence-electron chi connectivity index (χ1n) is 10.2. The quantitative estimate of drug-likeness (QED) is 0.759. The van der Waals surface area contributed by atoms with Gasteiger partial charge in [0.25, 0.3) is 0 Å². The highest BCUT2D eigenvalue weighted by Gasteiger charge is 2.25. The number of hydrogen-bond donors (Lipinski definition) is 0. The molecule has 3 aliphatic rings. The molecule has 0 aromatic carbocycles. The minimum Gasteiger partial charge on any atom is -0.342 e. The maximum Gasteiger partial charge on any atom is 0.236 e. The predicted molar refractivity (Wildman–Crippen MR) is 98.4 cm³/mol. The lowest BCUT2D eigenvalue weighted by atomic mass is 10.1. The Bertz CT molecular complexity index is 435. The van der Waals surface area contributed by atoms with E-state index in [1.54, 1.807) is 0 Å². The summed E-state index contributed by atoms with van der Waals surface area (Å²) in [5.41, 5.74) is 0. The molecule has 0 radical (unpaired) electrons. The molecule has 6 heteroatoms. The molecule has 2 amide bonds. The molecule has 0 unspecified atom stereocenters. The zero-order chi connectivity index (χ0) is 17.5. The average Bonchev–Trinajstić information content (AvgIpc) is 3.11. The van der Waals surface area contributed by atoms with Gasteiger partial charge in [-0.15, -0.1) is 0 Å². The molecule has 3 heterocycles. The van der Waals surface area contributed by atoms with Crippen LogP contribution in [0.3, 0.4) is 0 Å². The van der Waals surface area contributed by atoms with Gasteiger partial charge in [0.2, 0.25) is 11.8 Å². The third-order valence-electron chi connectivity index (χ3n) is 5.85. The van der Waals surface area contributed by atoms with E-state index < -0.39 is 0 Å². The van der Waals surface area contributed by atoms with Gasteiger partial charge in [-0.1, -0.05) is 19.3 Å². The lowest BCUT2D eigenvalue weighted by Crippen LogP contribution is -2.52. The zero-order valence-corrected chi connectivity index (χ0v) is 15.6. The lowest BCUT2D eigenvalue weighted by molar-refractivity contribution is -0.135. The summed E-state index contributed by atoms with van der Waals surface area (Å²) in [5.74, 6) is 0.575. The summed E-state index contributed by atoms with van der Waals surface area (Å²) in [7, 11) is 0. The van der Waals surface area contributed by atoms with Crippen molar-refractivity contribution in [2.24, 2.45) is 0 Å². The average molecular weight is 351 g/mol. The largest absolute Gasteiger partial charge is 0.342 e. The molecule has 6 nitrogen and oxygen atoms in total. The van der Waals surface area contributed by atoms with Gasteiger partial charge in [0.15, 0.2) is 0 Å². The van der Waals surface area contributed by atoms with E-state index in [0.717, 1.165) is 78.0 Å². The van der Waals surface area contributed by atoms with Gasteiger partial charge in [0, 0.05) is 52.4 Å². The maximum atomic E-state index is 12.6. The summed E-state index contributed by atoms with van der Waals surface area (Å²) >= 11 is 0. The van der Waals surface area contributed by atoms with Gasteiger partial charge in [-0.05, 0) is 25.7 Å². The van der Waals surface area contributed by atoms with Crippen molar-refractivity contribution in [2.45, 2.75) is 44.9 Å². The Balaban J connectivity index is 1.36. The van der Waals surface area contributed by atoms with Crippen molar-refractivity contribution in [1.82, 2.24) is 19.6 Å². The Labute approximate surface area is 152 Å². The first kappa shape index (κ1) is 18.6. The molecule has 0 aromatic heterocycles. The van der Waals surface area contributed by atoms with Crippen molar-refractivity contribution in [3.63, 3.8) is 0 Å². The monoisotopic (exact) mass is 350 g/mol. The van der Waals surface area contributed by atoms with E-state index in [4.69, 9.17) is 0 Å². The Hall–Kier alpha value is -1.14. The van der Waals surface area contributed by atoms with Crippen LogP contribution in [0.15, 0.2) is 0 Å². The molecule has 0 N–H and O–H groups in total. The van der Waals surface area contributed by atoms with Crippen molar-refractivity contribution in [3.8, 4) is 0 Å². The minimum absolute atomic E-state index is 0.280. The van der Waals surface area contributed by atoms with Gasteiger partial charge in [-0.2, -0.15) is 0 Å². The molecule has 0 bridgehead atoms. The van der Waals surface area contributed by atoms with Crippen LogP contribution in [0.25, 0.3) is 0 Å². The number of rotatable bonds is 4. The normalized spacial score (nSPS) is 24.2. The molecule has 3 rings (SSSR count). The molecular formula is C19H34N4O2. The summed E-state index contributed by atoms with van der Waals surface area (Å²) in [6, 6.07) is 0. The standard InChI is InChI=1S/C19H34N4O2/c24-18(22-8-4-2-1-3-5-9-22)16-20-12-14-21(15-13-20)17-19(25)23-10-6-7-11-23/h1-17H2. The highest BCUT2D eigenvalue weighted by Crippen LogP contribution is 2.12. The summed E-state index contributed by atoms with van der Waals surface area (Å²) in [6.45, 7) is 8.42. The predicted octanol–water partition coefficient (Wildman–Crippen LogP) is 1.02. The Kier molecular flexibility index (Phi) is 7.11. The number of likely N-dealkylation sites (tertiary alicyclic amines) is 2. The van der Waals surface area contributed by atoms with Crippen LogP contribution in [-0.4, -0.2) is 96.9 Å². The van der Waals surface area contributed by atoms with E-state index in [1.165, 1.54) is 19.3 Å². The molecule has 0 saturated carbocycles. The molecule has 0 aromatic rings. The van der Waals surface area contributed by atoms with E-state index in [1.807, 2.05) is 4.90 Å². The summed E-state index contributed by atoms with van der Waals surface area (Å²) in [5, 5.41) is 0. The Morgan fingerprint density at radius 3 is 1.20 bits per heavy atom. The van der Waals surface area contributed by atoms with Crippen molar-refractivity contribution < 1.29 is 9.59 Å². The van der Waals surface area contributed by atoms with Crippen molar-refractivity contribution in [2.75, 3.05) is 65.4 Å². The molecule has 142 valence electrons. The van der Waals surface area contributed by atoms with E-state index in [9.17, 15) is 9.59 Å². The number of hydrogen-bond acceptors (Lipinski definition) is 4. The van der Waals surface area contributed by atoms with Crippen LogP contribution < -0.4 is 0 Å². The second kappa shape index (κ2) is 9.53. The lowest BCUT2D eigenvalue weighted by Gasteiger charge is -2.35. The number of carbonyl (C=O) groups excluding carboxylic acids is 2. The van der Waals surface area contributed by atoms with Crippen LogP contribution in [-0.2, 0) is 9.59 Å². The van der Waals surface area contributed by atoms with Crippen LogP contribution in [0, 0.1) is 0 Å². The van der Waals surface area contributed by atoms with E-state index in [2.05, 4.69) is 14.7 Å². The van der Waals surface area contributed by atoms with Crippen molar-refractivity contribution in [1.29, 1.82) is 0 Å². The SMILES string of the molecule is O=C(CN1CCN(CC(=O)N2CCCC2)CC1)N1CCCCCCC1. The Morgan fingerprint density at radius 1 is 0.480 bits per heavy atom. The molecule has 0 spiro atoms. The van der Waals surface area contributed by atoms with Gasteiger partial charge >= 0.3 is 0 Å². The summed E-state index contributed by atoms with van der Waals surface area (Å²) in [6.07, 6.45) is 8.44. The van der Waals surface area contributed by atoms with Gasteiger partial charge in [-0.25, -0.2) is 0 Å². The number of nitrogens with zero attached hydrogens (tertiary/aromatic N) is 4. The third kappa shape index (κ3) is 5.68. The topological polar surface area (TPSA) is 47.1 Å². The fourth-order valence-corrected chi connectivity index (χ4v) is 4.15. The van der Waals surface area contributed by atoms with Crippen molar-refractivity contribution >= 4 is 11.8 Å². The number of amides is 2. The van der Waals surface area contributed by atoms with Gasteiger partial charge in [-0.3, -0.25) is 19.4 Å². The van der Waals surface area contributed by atoms with E-state index in [-0.39, 0.29) is 5.91 Å². The molecule has 25 heavy (non-hydrogen) atoms. The van der Waals surface area contributed by atoms with Crippen LogP contribution in [0.1, 0.15) is 44.9 Å². The molecule has 3 saturated heterocycles. The zero-order valence-electron chi connectivity index (χ0n) is 15.6. The third-order valence-corrected chi connectivity index (χ3v) is 5.85. The molecular weight excluding hydrogens is 316 g/mol. The molecule has 3 aliphatic heterocycles. The maximum absolute atomic E-state index is 12.6. The van der Waals surface area contributed by atoms with Gasteiger partial charge in [0.1, 0.15) is 0 Å². The molecule has 3 fully saturated rings. The minimum atomic E-state index is 0.280. The van der Waals surface area contributed by atoms with Gasteiger partial charge in [0.05, 0.1) is 13.1 Å². The first-order chi connectivity index (χ1) is 12.2. The van der Waals surface area contributed by atoms with E-state index >= 15 is 0 Å². The highest BCUT2D eigenvalue weighted by atomic mass is 16.2. The second-order valence-electron chi connectivity index (χ2n) is 7.79. The fourth-order valence-electron chi connectivity index (χ4n) is 4.15. The summed E-state index contributed by atoms with van der Waals surface area (Å²) < 4.78 is 0. The van der Waals surface area contributed by atoms with Crippen LogP contribution in [0.5, 0.6) is 0 Å². The smallest absolute Gasteiger partial charge is 0.236 e. The van der Waals surface area contributed by atoms with E-state index in [0.29, 0.717) is 19.0 Å². The first-order valence-corrected chi connectivity index (χ1v) is 10.2. The number of piperazine rings is 1. The number of carbonyl (C=O) groups is 2. The molecule has 0 aliphatic carbocycles. The van der Waals surface area contributed by atoms with Gasteiger partial charge < -0.3 is 9.80 Å².